The van der Waals surface area contributed by atoms with E-state index in [9.17, 15) is 22.8 Å². The van der Waals surface area contributed by atoms with Crippen LogP contribution in [0.5, 0.6) is 0 Å². The van der Waals surface area contributed by atoms with E-state index in [1.165, 1.54) is 24.5 Å². The van der Waals surface area contributed by atoms with Crippen molar-refractivity contribution in [2.75, 3.05) is 16.0 Å². The minimum atomic E-state index is -1.28. The molecule has 12 heteroatoms. The van der Waals surface area contributed by atoms with Gasteiger partial charge in [-0.25, -0.2) is 18.2 Å². The number of primary amides is 1. The molecular formula is C24H24F3N7O2. The minimum absolute atomic E-state index is 0.0442. The molecule has 36 heavy (non-hydrogen) atoms. The lowest BCUT2D eigenvalue weighted by atomic mass is 9.91. The van der Waals surface area contributed by atoms with Crippen molar-refractivity contribution in [1.29, 1.82) is 0 Å². The van der Waals surface area contributed by atoms with Gasteiger partial charge in [0.15, 0.2) is 23.3 Å². The van der Waals surface area contributed by atoms with E-state index in [1.807, 2.05) is 0 Å². The average molecular weight is 499 g/mol. The molecule has 2 unspecified atom stereocenters. The second-order valence-electron chi connectivity index (χ2n) is 8.42. The molecule has 188 valence electrons. The highest BCUT2D eigenvalue weighted by atomic mass is 19.2. The fraction of sp³-hybridized carbons (Fsp3) is 0.250. The molecule has 0 bridgehead atoms. The molecule has 7 N–H and O–H groups in total. The molecule has 1 aliphatic rings. The second-order valence-corrected chi connectivity index (χ2v) is 8.42. The molecule has 0 saturated heterocycles. The van der Waals surface area contributed by atoms with E-state index < -0.39 is 34.8 Å². The van der Waals surface area contributed by atoms with Gasteiger partial charge in [-0.3, -0.25) is 14.6 Å². The number of anilines is 4. The summed E-state index contributed by atoms with van der Waals surface area (Å²) in [5, 5.41) is 8.28. The van der Waals surface area contributed by atoms with Crippen molar-refractivity contribution in [2.24, 2.45) is 11.5 Å². The van der Waals surface area contributed by atoms with Crippen LogP contribution >= 0.6 is 0 Å². The number of amides is 2. The van der Waals surface area contributed by atoms with E-state index in [1.54, 1.807) is 0 Å². The molecule has 0 aliphatic heterocycles. The summed E-state index contributed by atoms with van der Waals surface area (Å²) in [4.78, 5) is 32.5. The first-order valence-corrected chi connectivity index (χ1v) is 11.2. The van der Waals surface area contributed by atoms with Gasteiger partial charge in [0, 0.05) is 12.1 Å². The van der Waals surface area contributed by atoms with Crippen LogP contribution in [0.4, 0.5) is 36.2 Å². The van der Waals surface area contributed by atoms with Crippen LogP contribution in [0.2, 0.25) is 0 Å². The number of aromatic nitrogens is 2. The lowest BCUT2D eigenvalue weighted by Gasteiger charge is -2.30. The SMILES string of the molecule is NC(=O)c1cc(F)c(NC2CCCCC2N)nc1Nc1cncc(NC(=O)c2cccc(F)c2F)c1. The Morgan fingerprint density at radius 2 is 1.69 bits per heavy atom. The average Bonchev–Trinajstić information content (AvgIpc) is 2.84. The van der Waals surface area contributed by atoms with Crippen molar-refractivity contribution < 1.29 is 22.8 Å². The molecule has 9 nitrogen and oxygen atoms in total. The number of nitrogens with zero attached hydrogens (tertiary/aromatic N) is 2. The maximum absolute atomic E-state index is 14.7. The Kier molecular flexibility index (Phi) is 7.34. The lowest BCUT2D eigenvalue weighted by Crippen LogP contribution is -2.43. The van der Waals surface area contributed by atoms with Crippen molar-refractivity contribution in [1.82, 2.24) is 9.97 Å². The molecule has 1 aliphatic carbocycles. The van der Waals surface area contributed by atoms with Crippen LogP contribution < -0.4 is 27.4 Å². The first-order valence-electron chi connectivity index (χ1n) is 11.2. The first kappa shape index (κ1) is 24.9. The minimum Gasteiger partial charge on any atom is -0.365 e. The van der Waals surface area contributed by atoms with Crippen LogP contribution in [0.25, 0.3) is 0 Å². The van der Waals surface area contributed by atoms with Crippen LogP contribution in [0.1, 0.15) is 46.4 Å². The van der Waals surface area contributed by atoms with Gasteiger partial charge in [0.1, 0.15) is 5.82 Å². The Balaban J connectivity index is 1.57. The number of hydrogen-bond acceptors (Lipinski definition) is 7. The van der Waals surface area contributed by atoms with Crippen LogP contribution in [0, 0.1) is 17.5 Å². The standard InChI is InChI=1S/C24H24F3N7O2/c25-16-5-3-4-14(20(16)27)24(36)32-13-8-12(10-30-11-13)31-22-15(21(29)35)9-17(26)23(34-22)33-19-7-2-1-6-18(19)28/h3-5,8-11,18-19H,1-2,6-7,28H2,(H2,29,35)(H,32,36)(H2,31,33,34). The monoisotopic (exact) mass is 499 g/mol. The summed E-state index contributed by atoms with van der Waals surface area (Å²) in [5.74, 6) is -5.14. The normalized spacial score (nSPS) is 17.3. The second kappa shape index (κ2) is 10.6. The number of benzene rings is 1. The van der Waals surface area contributed by atoms with Gasteiger partial charge in [0.2, 0.25) is 0 Å². The van der Waals surface area contributed by atoms with Crippen molar-refractivity contribution in [3.8, 4) is 0 Å². The van der Waals surface area contributed by atoms with Crippen LogP contribution in [0.3, 0.4) is 0 Å². The molecule has 0 radical (unpaired) electrons. The topological polar surface area (TPSA) is 148 Å². The number of nitrogens with one attached hydrogen (secondary N) is 3. The van der Waals surface area contributed by atoms with Crippen LogP contribution in [0.15, 0.2) is 42.7 Å². The summed E-state index contributed by atoms with van der Waals surface area (Å²) < 4.78 is 42.1. The van der Waals surface area contributed by atoms with Crippen molar-refractivity contribution in [2.45, 2.75) is 37.8 Å². The summed E-state index contributed by atoms with van der Waals surface area (Å²) in [6, 6.07) is 5.28. The van der Waals surface area contributed by atoms with E-state index in [2.05, 4.69) is 25.9 Å². The van der Waals surface area contributed by atoms with Crippen molar-refractivity contribution in [3.05, 3.63) is 71.3 Å². The molecule has 2 aromatic heterocycles. The van der Waals surface area contributed by atoms with Gasteiger partial charge in [0.05, 0.1) is 34.9 Å². The lowest BCUT2D eigenvalue weighted by molar-refractivity contribution is 0.0997. The number of nitrogens with two attached hydrogens (primary N) is 2. The Labute approximate surface area is 204 Å². The van der Waals surface area contributed by atoms with Gasteiger partial charge in [-0.2, -0.15) is 0 Å². The summed E-state index contributed by atoms with van der Waals surface area (Å²) in [5.41, 5.74) is 11.3. The molecule has 2 heterocycles. The van der Waals surface area contributed by atoms with E-state index in [4.69, 9.17) is 11.5 Å². The van der Waals surface area contributed by atoms with E-state index in [0.717, 1.165) is 43.9 Å². The Bertz CT molecular complexity index is 1300. The van der Waals surface area contributed by atoms with Crippen molar-refractivity contribution in [3.63, 3.8) is 0 Å². The first-order chi connectivity index (χ1) is 17.2. The quantitative estimate of drug-likeness (QED) is 0.333. The fourth-order valence-electron chi connectivity index (χ4n) is 3.98. The molecule has 2 atom stereocenters. The summed E-state index contributed by atoms with van der Waals surface area (Å²) >= 11 is 0. The van der Waals surface area contributed by atoms with E-state index in [-0.39, 0.29) is 40.7 Å². The number of pyridine rings is 2. The predicted molar refractivity (Wildman–Crippen MR) is 128 cm³/mol. The zero-order valence-electron chi connectivity index (χ0n) is 19.0. The molecule has 1 aromatic carbocycles. The number of carbonyl (C=O) groups excluding carboxylic acids is 2. The van der Waals surface area contributed by atoms with Gasteiger partial charge in [0.25, 0.3) is 11.8 Å². The van der Waals surface area contributed by atoms with Gasteiger partial charge in [-0.15, -0.1) is 0 Å². The molecular weight excluding hydrogens is 475 g/mol. The van der Waals surface area contributed by atoms with E-state index in [0.29, 0.717) is 0 Å². The van der Waals surface area contributed by atoms with Gasteiger partial charge >= 0.3 is 0 Å². The van der Waals surface area contributed by atoms with E-state index >= 15 is 0 Å². The van der Waals surface area contributed by atoms with Gasteiger partial charge < -0.3 is 27.4 Å². The van der Waals surface area contributed by atoms with Gasteiger partial charge in [-0.1, -0.05) is 18.9 Å². The predicted octanol–water partition coefficient (Wildman–Crippen LogP) is 3.67. The number of halogens is 3. The molecule has 1 saturated carbocycles. The smallest absolute Gasteiger partial charge is 0.258 e. The molecule has 0 spiro atoms. The molecule has 3 aromatic rings. The zero-order valence-corrected chi connectivity index (χ0v) is 19.0. The third kappa shape index (κ3) is 5.54. The third-order valence-electron chi connectivity index (χ3n) is 5.84. The zero-order chi connectivity index (χ0) is 25.8. The number of hydrogen-bond donors (Lipinski definition) is 5. The highest BCUT2D eigenvalue weighted by Crippen LogP contribution is 2.27. The Morgan fingerprint density at radius 3 is 2.44 bits per heavy atom. The van der Waals surface area contributed by atoms with Crippen LogP contribution in [-0.2, 0) is 0 Å². The molecule has 1 fully saturated rings. The maximum atomic E-state index is 14.7. The largest absolute Gasteiger partial charge is 0.365 e. The number of carbonyl (C=O) groups is 2. The Hall–Kier alpha value is -4.19. The third-order valence-corrected chi connectivity index (χ3v) is 5.84. The van der Waals surface area contributed by atoms with Gasteiger partial charge in [-0.05, 0) is 37.1 Å². The summed E-state index contributed by atoms with van der Waals surface area (Å²) in [6.45, 7) is 0. The molecule has 4 rings (SSSR count). The highest BCUT2D eigenvalue weighted by molar-refractivity contribution is 6.04. The highest BCUT2D eigenvalue weighted by Gasteiger charge is 2.24. The van der Waals surface area contributed by atoms with Crippen LogP contribution in [-0.4, -0.2) is 33.9 Å². The summed E-state index contributed by atoms with van der Waals surface area (Å²) in [6.07, 6.45) is 6.13. The number of rotatable bonds is 7. The fourth-order valence-corrected chi connectivity index (χ4v) is 3.98. The molecule has 2 amide bonds. The summed E-state index contributed by atoms with van der Waals surface area (Å²) in [7, 11) is 0. The maximum Gasteiger partial charge on any atom is 0.258 e. The Morgan fingerprint density at radius 1 is 0.944 bits per heavy atom. The van der Waals surface area contributed by atoms with Crippen molar-refractivity contribution >= 4 is 34.8 Å².